The predicted molar refractivity (Wildman–Crippen MR) is 397 cm³/mol. The Kier molecular flexibility index (Phi) is 44.4. The Morgan fingerprint density at radius 1 is 0.538 bits per heavy atom. The van der Waals surface area contributed by atoms with Gasteiger partial charge in [0.15, 0.2) is 0 Å². The Hall–Kier alpha value is -4.06. The fraction of sp³-hybridized carbons (Fsp3) is 0.576. The van der Waals surface area contributed by atoms with Crippen molar-refractivity contribution in [2.75, 3.05) is 113 Å². The number of likely N-dealkylation sites (tertiary alicyclic amines) is 2. The third kappa shape index (κ3) is 30.9. The number of amides is 6. The van der Waals surface area contributed by atoms with Crippen molar-refractivity contribution in [3.63, 3.8) is 0 Å². The second kappa shape index (κ2) is 48.6. The Bertz CT molecular complexity index is 2750. The van der Waals surface area contributed by atoms with E-state index in [1.165, 1.54) is 9.25 Å². The summed E-state index contributed by atoms with van der Waals surface area (Å²) in [5.41, 5.74) is 0.769. The number of aromatic nitrogens is 3. The molecule has 3 aromatic rings. The number of para-hydroxylation sites is 1. The molecule has 0 spiro atoms. The summed E-state index contributed by atoms with van der Waals surface area (Å²) in [5.74, 6) is 6.09. The molecule has 1 aromatic carbocycles. The van der Waals surface area contributed by atoms with Crippen LogP contribution in [-0.4, -0.2) is 232 Å². The molecule has 0 aliphatic carbocycles. The van der Waals surface area contributed by atoms with E-state index < -0.39 is 6.09 Å². The molecule has 1 N–H and O–H groups in total. The van der Waals surface area contributed by atoms with Crippen molar-refractivity contribution in [2.45, 2.75) is 107 Å². The summed E-state index contributed by atoms with van der Waals surface area (Å²) in [6, 6.07) is 11.0. The fourth-order valence-electron chi connectivity index (χ4n) is 7.85. The highest BCUT2D eigenvalue weighted by atomic mass is 32.2. The number of rotatable bonds is 15. The van der Waals surface area contributed by atoms with Gasteiger partial charge in [0.1, 0.15) is 23.9 Å². The lowest BCUT2D eigenvalue weighted by atomic mass is 10.3. The maximum atomic E-state index is 11.4. The summed E-state index contributed by atoms with van der Waals surface area (Å²) >= 11 is 37.9. The smallest absolute Gasteiger partial charge is 0.435 e. The van der Waals surface area contributed by atoms with E-state index in [0.29, 0.717) is 55.7 Å². The first-order valence-electron chi connectivity index (χ1n) is 30.0. The number of thiocarbonyl (C=S) groups is 6. The number of carbonyl (C=O) groups is 8. The zero-order chi connectivity index (χ0) is 67.7. The van der Waals surface area contributed by atoms with Crippen LogP contribution in [0.4, 0.5) is 9.59 Å². The van der Waals surface area contributed by atoms with Crippen molar-refractivity contribution in [3.8, 4) is 0 Å². The summed E-state index contributed by atoms with van der Waals surface area (Å²) in [4.78, 5) is 102. The zero-order valence-electron chi connectivity index (χ0n) is 53.1. The van der Waals surface area contributed by atoms with Crippen molar-refractivity contribution < 1.29 is 52.6 Å². The SMILES string of the molecule is CCC(=O)N1CCCC1=S.CCC(=O)N1CCCC1=S.CCCC(=O)N1CCSC1=S.CCNCC(=O)N1CCSC1=S.CCOC(=O)n1cccc1.CCOC(=O)n1ncc2ccccc21.CCOCC(=O)N1CCSC1=S.CCSCC(=O)N1CCSC1=S. The minimum atomic E-state index is -0.436. The van der Waals surface area contributed by atoms with Crippen LogP contribution < -0.4 is 5.32 Å². The van der Waals surface area contributed by atoms with Gasteiger partial charge in [-0.3, -0.25) is 52.9 Å². The van der Waals surface area contributed by atoms with Gasteiger partial charge in [0.25, 0.3) is 5.91 Å². The van der Waals surface area contributed by atoms with E-state index >= 15 is 0 Å². The molecule has 0 unspecified atom stereocenters. The molecule has 32 heteroatoms. The number of nitrogens with one attached hydrogen (secondary N) is 1. The number of ether oxygens (including phenoxy) is 3. The van der Waals surface area contributed by atoms with E-state index in [4.69, 9.17) is 87.5 Å². The number of benzene rings is 1. The summed E-state index contributed by atoms with van der Waals surface area (Å²) < 4.78 is 20.1. The van der Waals surface area contributed by atoms with Crippen LogP contribution in [0.15, 0.2) is 55.0 Å². The van der Waals surface area contributed by atoms with E-state index in [1.54, 1.807) is 133 Å². The van der Waals surface area contributed by atoms with Gasteiger partial charge >= 0.3 is 12.2 Å². The van der Waals surface area contributed by atoms with Crippen LogP contribution in [0.2, 0.25) is 0 Å². The number of nitrogens with zero attached hydrogens (tertiary/aromatic N) is 9. The van der Waals surface area contributed by atoms with Gasteiger partial charge in [0.2, 0.25) is 29.5 Å². The monoisotopic (exact) mass is 1460 g/mol. The Morgan fingerprint density at radius 3 is 1.41 bits per heavy atom. The number of thioether (sulfide) groups is 5. The lowest BCUT2D eigenvalue weighted by molar-refractivity contribution is -0.131. The molecule has 21 nitrogen and oxygen atoms in total. The summed E-state index contributed by atoms with van der Waals surface area (Å²) in [7, 11) is 0. The molecule has 6 saturated heterocycles. The predicted octanol–water partition coefficient (Wildman–Crippen LogP) is 10.8. The van der Waals surface area contributed by atoms with Crippen LogP contribution in [0, 0.1) is 0 Å². The Morgan fingerprint density at radius 2 is 1.00 bits per heavy atom. The average Bonchev–Trinajstić information content (AvgIpc) is 3.09. The molecular formula is C59H86N10O11S11. The molecule has 0 atom stereocenters. The second-order valence-corrected chi connectivity index (χ2v) is 28.0. The zero-order valence-corrected chi connectivity index (χ0v) is 62.1. The molecule has 2 aromatic heterocycles. The molecule has 6 amide bonds. The van der Waals surface area contributed by atoms with Gasteiger partial charge < -0.3 is 29.3 Å². The van der Waals surface area contributed by atoms with E-state index in [2.05, 4.69) is 17.3 Å². The van der Waals surface area contributed by atoms with Gasteiger partial charge in [-0.05, 0) is 70.5 Å². The maximum absolute atomic E-state index is 11.4. The first-order valence-corrected chi connectivity index (χ1v) is 37.6. The van der Waals surface area contributed by atoms with Crippen LogP contribution in [0.3, 0.4) is 0 Å². The van der Waals surface area contributed by atoms with Crippen molar-refractivity contribution in [2.24, 2.45) is 0 Å². The van der Waals surface area contributed by atoms with Crippen LogP contribution in [0.25, 0.3) is 10.9 Å². The summed E-state index contributed by atoms with van der Waals surface area (Å²) in [5, 5.41) is 7.87. The Balaban J connectivity index is 0.000000355. The lowest BCUT2D eigenvalue weighted by Crippen LogP contribution is -2.37. The number of hydrogen-bond acceptors (Lipinski definition) is 24. The fourth-order valence-corrected chi connectivity index (χ4v) is 14.0. The Labute approximate surface area is 589 Å². The number of carbonyl (C=O) groups excluding carboxylic acids is 8. The summed E-state index contributed by atoms with van der Waals surface area (Å²) in [6.07, 6.45) is 10.8. The third-order valence-electron chi connectivity index (χ3n) is 12.5. The molecule has 8 heterocycles. The first kappa shape index (κ1) is 83.0. The van der Waals surface area contributed by atoms with Crippen molar-refractivity contribution in [1.29, 1.82) is 0 Å². The second-order valence-electron chi connectivity index (χ2n) is 18.8. The number of likely N-dealkylation sites (N-methyl/N-ethyl adjacent to an activating group) is 1. The minimum Gasteiger partial charge on any atom is -0.449 e. The molecule has 9 rings (SSSR count). The van der Waals surface area contributed by atoms with Gasteiger partial charge in [-0.2, -0.15) is 21.5 Å². The number of hydrogen-bond donors (Lipinski definition) is 1. The molecular weight excluding hydrogens is 1380 g/mol. The summed E-state index contributed by atoms with van der Waals surface area (Å²) in [6.45, 7) is 22.7. The van der Waals surface area contributed by atoms with Crippen molar-refractivity contribution in [1.82, 2.24) is 49.1 Å². The van der Waals surface area contributed by atoms with Gasteiger partial charge in [-0.25, -0.2) is 9.59 Å². The van der Waals surface area contributed by atoms with Crippen molar-refractivity contribution in [3.05, 3.63) is 55.0 Å². The van der Waals surface area contributed by atoms with Crippen LogP contribution in [0.1, 0.15) is 107 Å². The molecule has 0 bridgehead atoms. The van der Waals surface area contributed by atoms with E-state index in [0.717, 1.165) is 141 Å². The maximum Gasteiger partial charge on any atom is 0.435 e. The first-order chi connectivity index (χ1) is 43.7. The molecule has 6 aliphatic rings. The highest BCUT2D eigenvalue weighted by Crippen LogP contribution is 2.22. The number of fused-ring (bicyclic) bond motifs is 1. The van der Waals surface area contributed by atoms with Gasteiger partial charge in [-0.15, -0.1) is 0 Å². The average molecular weight is 1460 g/mol. The van der Waals surface area contributed by atoms with E-state index in [-0.39, 0.29) is 48.1 Å². The highest BCUT2D eigenvalue weighted by molar-refractivity contribution is 8.24. The van der Waals surface area contributed by atoms with Crippen molar-refractivity contribution >= 4 is 218 Å². The topological polar surface area (TPSA) is 218 Å². The van der Waals surface area contributed by atoms with Gasteiger partial charge in [0, 0.05) is 119 Å². The molecule has 0 radical (unpaired) electrons. The van der Waals surface area contributed by atoms with E-state index in [9.17, 15) is 38.4 Å². The molecule has 91 heavy (non-hydrogen) atoms. The van der Waals surface area contributed by atoms with Crippen LogP contribution in [0.5, 0.6) is 0 Å². The minimum absolute atomic E-state index is 0.0214. The largest absolute Gasteiger partial charge is 0.449 e. The molecule has 0 saturated carbocycles. The quantitative estimate of drug-likeness (QED) is 0.140. The third-order valence-corrected chi connectivity index (χ3v) is 19.9. The lowest BCUT2D eigenvalue weighted by Gasteiger charge is -2.14. The normalized spacial score (nSPS) is 15.5. The van der Waals surface area contributed by atoms with Gasteiger partial charge in [0.05, 0.1) is 47.2 Å². The molecule has 6 aliphatic heterocycles. The highest BCUT2D eigenvalue weighted by Gasteiger charge is 2.27. The molecule has 504 valence electrons. The molecule has 6 fully saturated rings. The standard InChI is InChI=1S/C10H10N2O2.C7H12N2OS2.C7H11NO2S2.C7H9NO2.C7H11NOS3.C7H11NOS2.2C7H11NOS/c1-2-14-10(13)12-9-6-4-3-5-8(9)7-11-12;1-2-8-5-6(10)9-3-4-12-7(9)11;1-2-10-5-6(9)8-3-4-12-7(8)11;1-2-10-7(9)8-5-3-4-6-8;1-2-11-5-6(9)8-3-4-12-7(8)10;1-2-3-6(9)8-4-5-11-7(8)10;2*1-2-6(9)8-5-3-4-7(8)10/h3-7H,2H2,1H3;8H,2-5H2,1H3;2-5H2,1H3;3-6H,2H2,1H3;2-5H2,1H3;2-5H2,1H3;2*2-5H2,1H3. The van der Waals surface area contributed by atoms with Crippen LogP contribution in [-0.2, 0) is 43.0 Å². The van der Waals surface area contributed by atoms with Gasteiger partial charge in [-0.1, -0.05) is 173 Å². The van der Waals surface area contributed by atoms with E-state index in [1.807, 2.05) is 58.9 Å². The van der Waals surface area contributed by atoms with Crippen LogP contribution >= 0.6 is 132 Å².